The van der Waals surface area contributed by atoms with Crippen molar-refractivity contribution in [2.75, 3.05) is 18.6 Å². The van der Waals surface area contributed by atoms with Gasteiger partial charge >= 0.3 is 5.97 Å². The van der Waals surface area contributed by atoms with Crippen LogP contribution in [0.4, 0.5) is 5.13 Å². The molecular formula is C20H18ClN5O5S2. The average molecular weight is 508 g/mol. The largest absolute Gasteiger partial charge is 0.477 e. The van der Waals surface area contributed by atoms with Gasteiger partial charge in [0, 0.05) is 22.6 Å². The molecule has 0 aliphatic carbocycles. The van der Waals surface area contributed by atoms with E-state index in [2.05, 4.69) is 15.5 Å². The molecule has 1 aromatic carbocycles. The topological polar surface area (TPSA) is 147 Å². The van der Waals surface area contributed by atoms with Crippen LogP contribution in [0.3, 0.4) is 0 Å². The number of fused-ring (bicyclic) bond motifs is 1. The molecule has 2 amide bonds. The Balaban J connectivity index is 1.57. The molecule has 2 atom stereocenters. The first-order valence-corrected chi connectivity index (χ1v) is 12.0. The second kappa shape index (κ2) is 9.41. The number of oxime groups is 1. The van der Waals surface area contributed by atoms with Crippen molar-refractivity contribution in [2.24, 2.45) is 5.16 Å². The number of rotatable bonds is 7. The third-order valence-electron chi connectivity index (χ3n) is 5.08. The summed E-state index contributed by atoms with van der Waals surface area (Å²) >= 11 is 8.32. The molecule has 0 bridgehead atoms. The number of aromatic nitrogens is 1. The number of nitrogens with zero attached hydrogens (tertiary/aromatic N) is 3. The zero-order valence-corrected chi connectivity index (χ0v) is 19.5. The number of amides is 2. The second-order valence-corrected chi connectivity index (χ2v) is 9.28. The van der Waals surface area contributed by atoms with Gasteiger partial charge in [-0.15, -0.1) is 34.7 Å². The highest BCUT2D eigenvalue weighted by molar-refractivity contribution is 8.00. The first-order chi connectivity index (χ1) is 15.8. The lowest BCUT2D eigenvalue weighted by Crippen LogP contribution is -2.71. The summed E-state index contributed by atoms with van der Waals surface area (Å²) in [6.45, 7) is 0. The van der Waals surface area contributed by atoms with Crippen LogP contribution in [0, 0.1) is 0 Å². The number of nitrogens with two attached hydrogens (primary N) is 1. The lowest BCUT2D eigenvalue weighted by atomic mass is 9.98. The van der Waals surface area contributed by atoms with Crippen molar-refractivity contribution in [3.63, 3.8) is 0 Å². The van der Waals surface area contributed by atoms with Crippen molar-refractivity contribution < 1.29 is 24.3 Å². The van der Waals surface area contributed by atoms with Crippen LogP contribution in [0.25, 0.3) is 5.57 Å². The highest BCUT2D eigenvalue weighted by Crippen LogP contribution is 2.43. The molecule has 2 aliphatic heterocycles. The van der Waals surface area contributed by atoms with Crippen LogP contribution in [0.1, 0.15) is 16.8 Å². The van der Waals surface area contributed by atoms with Gasteiger partial charge in [-0.05, 0) is 11.1 Å². The minimum Gasteiger partial charge on any atom is -0.477 e. The van der Waals surface area contributed by atoms with Crippen LogP contribution in [-0.2, 0) is 25.1 Å². The van der Waals surface area contributed by atoms with Crippen LogP contribution in [0.2, 0.25) is 0 Å². The summed E-state index contributed by atoms with van der Waals surface area (Å²) < 4.78 is 0. The van der Waals surface area contributed by atoms with Crippen molar-refractivity contribution >= 4 is 68.9 Å². The first kappa shape index (κ1) is 23.1. The van der Waals surface area contributed by atoms with Gasteiger partial charge in [0.2, 0.25) is 0 Å². The lowest BCUT2D eigenvalue weighted by Gasteiger charge is -2.49. The number of halogens is 1. The number of carboxylic acid groups (broad SMARTS) is 1. The van der Waals surface area contributed by atoms with Crippen molar-refractivity contribution in [3.8, 4) is 0 Å². The van der Waals surface area contributed by atoms with Crippen molar-refractivity contribution in [2.45, 2.75) is 17.3 Å². The molecule has 1 saturated heterocycles. The number of alkyl halides is 1. The Bertz CT molecular complexity index is 1180. The molecule has 0 saturated carbocycles. The van der Waals surface area contributed by atoms with Gasteiger partial charge in [0.1, 0.15) is 29.9 Å². The molecule has 0 radical (unpaired) electrons. The number of hydrogen-bond donors (Lipinski definition) is 3. The van der Waals surface area contributed by atoms with Gasteiger partial charge in [-0.2, -0.15) is 0 Å². The predicted molar refractivity (Wildman–Crippen MR) is 126 cm³/mol. The smallest absolute Gasteiger partial charge is 0.352 e. The number of thioether (sulfide) groups is 1. The zero-order valence-electron chi connectivity index (χ0n) is 17.1. The van der Waals surface area contributed by atoms with Gasteiger partial charge in [0.05, 0.1) is 0 Å². The summed E-state index contributed by atoms with van der Waals surface area (Å²) in [5.41, 5.74) is 7.75. The Labute approximate surface area is 201 Å². The maximum atomic E-state index is 12.9. The standard InChI is InChI=1S/C20H18ClN5O5S2/c1-31-25-13(12-8-33-20(22)23-12)16(27)24-14-17(28)26-15(19(29)30)11(7-32-18(14)26)10-4-2-9(6-21)3-5-10/h2-5,8,14,18H,6-7H2,1H3,(H2,22,23)(H,24,27)(H,29,30)/b25-13-/t14-,18?/m1/s1. The molecule has 10 nitrogen and oxygen atoms in total. The minimum atomic E-state index is -1.21. The molecular weight excluding hydrogens is 490 g/mol. The number of carbonyl (C=O) groups is 3. The van der Waals surface area contributed by atoms with Crippen molar-refractivity contribution in [1.82, 2.24) is 15.2 Å². The van der Waals surface area contributed by atoms with E-state index in [1.807, 2.05) is 12.1 Å². The maximum absolute atomic E-state index is 12.9. The highest BCUT2D eigenvalue weighted by atomic mass is 35.5. The van der Waals surface area contributed by atoms with E-state index in [0.29, 0.717) is 22.8 Å². The molecule has 3 heterocycles. The molecule has 172 valence electrons. The van der Waals surface area contributed by atoms with E-state index in [-0.39, 0.29) is 22.2 Å². The molecule has 1 aromatic heterocycles. The maximum Gasteiger partial charge on any atom is 0.352 e. The van der Waals surface area contributed by atoms with Crippen LogP contribution in [-0.4, -0.2) is 62.8 Å². The number of thiazole rings is 1. The number of aliphatic carboxylic acids is 1. The molecule has 33 heavy (non-hydrogen) atoms. The molecule has 4 rings (SSSR count). The number of nitrogen functional groups attached to an aromatic ring is 1. The average Bonchev–Trinajstić information content (AvgIpc) is 3.25. The van der Waals surface area contributed by atoms with Crippen LogP contribution >= 0.6 is 34.7 Å². The van der Waals surface area contributed by atoms with Gasteiger partial charge < -0.3 is 21.0 Å². The number of carbonyl (C=O) groups excluding carboxylic acids is 2. The normalized spacial score (nSPS) is 20.2. The fourth-order valence-electron chi connectivity index (χ4n) is 3.54. The Kier molecular flexibility index (Phi) is 6.58. The van der Waals surface area contributed by atoms with Crippen molar-refractivity contribution in [1.29, 1.82) is 0 Å². The summed E-state index contributed by atoms with van der Waals surface area (Å²) in [5, 5.41) is 17.4. The zero-order chi connectivity index (χ0) is 23.7. The third-order valence-corrected chi connectivity index (χ3v) is 7.34. The number of carboxylic acids is 1. The molecule has 2 aliphatic rings. The van der Waals surface area contributed by atoms with Gasteiger partial charge in [0.25, 0.3) is 11.8 Å². The lowest BCUT2D eigenvalue weighted by molar-refractivity contribution is -0.149. The fourth-order valence-corrected chi connectivity index (χ4v) is 5.64. The number of β-lactam (4-membered cyclic amide) rings is 1. The predicted octanol–water partition coefficient (Wildman–Crippen LogP) is 1.71. The van der Waals surface area contributed by atoms with E-state index in [1.54, 1.807) is 17.5 Å². The third kappa shape index (κ3) is 4.28. The number of benzene rings is 1. The Morgan fingerprint density at radius 3 is 2.70 bits per heavy atom. The van der Waals surface area contributed by atoms with Crippen LogP contribution in [0.5, 0.6) is 0 Å². The van der Waals surface area contributed by atoms with Crippen LogP contribution < -0.4 is 11.1 Å². The number of nitrogens with one attached hydrogen (secondary N) is 1. The summed E-state index contributed by atoms with van der Waals surface area (Å²) in [6.07, 6.45) is 0. The Hall–Kier alpha value is -3.09. The molecule has 13 heteroatoms. The van der Waals surface area contributed by atoms with Gasteiger partial charge in [-0.3, -0.25) is 14.5 Å². The Morgan fingerprint density at radius 1 is 1.39 bits per heavy atom. The first-order valence-electron chi connectivity index (χ1n) is 9.55. The number of hydrogen-bond acceptors (Lipinski definition) is 9. The van der Waals surface area contributed by atoms with Gasteiger partial charge in [0.15, 0.2) is 10.8 Å². The van der Waals surface area contributed by atoms with E-state index in [0.717, 1.165) is 16.9 Å². The van der Waals surface area contributed by atoms with E-state index in [1.165, 1.54) is 23.8 Å². The van der Waals surface area contributed by atoms with E-state index in [9.17, 15) is 19.5 Å². The monoisotopic (exact) mass is 507 g/mol. The molecule has 1 fully saturated rings. The van der Waals surface area contributed by atoms with Gasteiger partial charge in [-0.25, -0.2) is 9.78 Å². The van der Waals surface area contributed by atoms with E-state index in [4.69, 9.17) is 22.2 Å². The summed E-state index contributed by atoms with van der Waals surface area (Å²) in [7, 11) is 1.28. The number of anilines is 1. The SMILES string of the molecule is CO/N=C(\C(=O)N[C@@H]1C(=O)N2C(C(=O)O)=C(c3ccc(CCl)cc3)CSC12)c1csc(N)n1. The van der Waals surface area contributed by atoms with Crippen LogP contribution in [0.15, 0.2) is 40.5 Å². The summed E-state index contributed by atoms with van der Waals surface area (Å²) in [4.78, 5) is 47.8. The highest BCUT2D eigenvalue weighted by Gasteiger charge is 2.54. The second-order valence-electron chi connectivity index (χ2n) is 7.02. The molecule has 0 spiro atoms. The quantitative estimate of drug-likeness (QED) is 0.222. The minimum absolute atomic E-state index is 0.0917. The van der Waals surface area contributed by atoms with Gasteiger partial charge in [-0.1, -0.05) is 29.4 Å². The molecule has 1 unspecified atom stereocenters. The molecule has 4 N–H and O–H groups in total. The summed E-state index contributed by atoms with van der Waals surface area (Å²) in [5.74, 6) is -1.72. The van der Waals surface area contributed by atoms with Crippen molar-refractivity contribution in [3.05, 3.63) is 52.2 Å². The fraction of sp³-hybridized carbons (Fsp3) is 0.250. The van der Waals surface area contributed by atoms with E-state index >= 15 is 0 Å². The Morgan fingerprint density at radius 2 is 2.12 bits per heavy atom. The summed E-state index contributed by atoms with van der Waals surface area (Å²) in [6, 6.07) is 6.28. The molecule has 2 aromatic rings. The van der Waals surface area contributed by atoms with E-state index < -0.39 is 29.2 Å².